The summed E-state index contributed by atoms with van der Waals surface area (Å²) >= 11 is 0. The number of nitrogens with two attached hydrogens (primary N) is 1. The molecule has 0 aromatic carbocycles. The molecule has 0 radical (unpaired) electrons. The third-order valence-electron chi connectivity index (χ3n) is 2.67. The third kappa shape index (κ3) is 4.81. The molecule has 0 aromatic rings. The zero-order chi connectivity index (χ0) is 11.3. The minimum absolute atomic E-state index is 0.218. The number of alkyl halides is 3. The highest BCUT2D eigenvalue weighted by molar-refractivity contribution is 4.77. The van der Waals surface area contributed by atoms with Gasteiger partial charge in [0.2, 0.25) is 0 Å². The van der Waals surface area contributed by atoms with Crippen LogP contribution >= 0.6 is 0 Å². The molecule has 1 unspecified atom stereocenters. The number of likely N-dealkylation sites (tertiary alicyclic amines) is 1. The van der Waals surface area contributed by atoms with Crippen molar-refractivity contribution in [1.29, 1.82) is 0 Å². The minimum atomic E-state index is -4.52. The van der Waals surface area contributed by atoms with Gasteiger partial charge in [-0.3, -0.25) is 9.64 Å². The van der Waals surface area contributed by atoms with Gasteiger partial charge in [0.05, 0.1) is 6.61 Å². The second-order valence-corrected chi connectivity index (χ2v) is 3.72. The van der Waals surface area contributed by atoms with Gasteiger partial charge in [0.25, 0.3) is 0 Å². The van der Waals surface area contributed by atoms with E-state index in [1.54, 1.807) is 0 Å². The summed E-state index contributed by atoms with van der Waals surface area (Å²) in [7, 11) is 0. The highest BCUT2D eigenvalue weighted by Gasteiger charge is 2.29. The molecule has 1 aliphatic rings. The van der Waals surface area contributed by atoms with Gasteiger partial charge >= 0.3 is 6.36 Å². The van der Waals surface area contributed by atoms with E-state index < -0.39 is 6.36 Å². The lowest BCUT2D eigenvalue weighted by Gasteiger charge is -2.34. The number of hydrogen-bond acceptors (Lipinski definition) is 3. The van der Waals surface area contributed by atoms with E-state index in [4.69, 9.17) is 5.73 Å². The highest BCUT2D eigenvalue weighted by atomic mass is 19.4. The first kappa shape index (κ1) is 12.7. The van der Waals surface area contributed by atoms with Crippen molar-refractivity contribution in [3.8, 4) is 0 Å². The van der Waals surface area contributed by atoms with Crippen LogP contribution in [0.2, 0.25) is 0 Å². The molecule has 1 rings (SSSR count). The maximum absolute atomic E-state index is 11.7. The van der Waals surface area contributed by atoms with E-state index in [9.17, 15) is 13.2 Å². The van der Waals surface area contributed by atoms with Crippen LogP contribution in [0, 0.1) is 0 Å². The molecule has 1 atom stereocenters. The molecular weight excluding hydrogens is 209 g/mol. The molecule has 1 fully saturated rings. The molecule has 0 aliphatic carbocycles. The summed E-state index contributed by atoms with van der Waals surface area (Å²) in [6.07, 6.45) is -1.41. The van der Waals surface area contributed by atoms with Crippen LogP contribution in [0.25, 0.3) is 0 Å². The number of rotatable bonds is 4. The Bertz CT molecular complexity index is 187. The maximum Gasteiger partial charge on any atom is 0.522 e. The first-order valence-electron chi connectivity index (χ1n) is 5.18. The van der Waals surface area contributed by atoms with E-state index in [0.29, 0.717) is 13.1 Å². The fourth-order valence-electron chi connectivity index (χ4n) is 1.90. The maximum atomic E-state index is 11.7. The Morgan fingerprint density at radius 3 is 2.67 bits per heavy atom. The van der Waals surface area contributed by atoms with Crippen molar-refractivity contribution >= 4 is 0 Å². The van der Waals surface area contributed by atoms with Crippen LogP contribution in [-0.4, -0.2) is 43.5 Å². The summed E-state index contributed by atoms with van der Waals surface area (Å²) in [6.45, 7) is 1.33. The first-order chi connectivity index (χ1) is 7.03. The average Bonchev–Trinajstić information content (AvgIpc) is 2.16. The first-order valence-corrected chi connectivity index (χ1v) is 5.18. The molecule has 3 nitrogen and oxygen atoms in total. The van der Waals surface area contributed by atoms with Crippen molar-refractivity contribution in [3.63, 3.8) is 0 Å². The van der Waals surface area contributed by atoms with E-state index in [1.165, 1.54) is 0 Å². The normalized spacial score (nSPS) is 24.4. The lowest BCUT2D eigenvalue weighted by molar-refractivity contribution is -0.325. The van der Waals surface area contributed by atoms with Gasteiger partial charge in [-0.15, -0.1) is 13.2 Å². The summed E-state index contributed by atoms with van der Waals surface area (Å²) in [5.41, 5.74) is 5.55. The zero-order valence-electron chi connectivity index (χ0n) is 8.59. The van der Waals surface area contributed by atoms with Crippen molar-refractivity contribution in [2.45, 2.75) is 31.7 Å². The molecule has 1 saturated heterocycles. The van der Waals surface area contributed by atoms with E-state index in [0.717, 1.165) is 25.8 Å². The van der Waals surface area contributed by atoms with Crippen molar-refractivity contribution in [2.75, 3.05) is 26.2 Å². The van der Waals surface area contributed by atoms with Gasteiger partial charge in [0, 0.05) is 19.1 Å². The van der Waals surface area contributed by atoms with Crippen LogP contribution in [0.4, 0.5) is 13.2 Å². The van der Waals surface area contributed by atoms with Gasteiger partial charge < -0.3 is 5.73 Å². The molecule has 2 N–H and O–H groups in total. The average molecular weight is 226 g/mol. The Morgan fingerprint density at radius 2 is 2.07 bits per heavy atom. The van der Waals surface area contributed by atoms with Gasteiger partial charge in [-0.1, -0.05) is 6.42 Å². The van der Waals surface area contributed by atoms with Crippen LogP contribution in [-0.2, 0) is 4.74 Å². The predicted molar refractivity (Wildman–Crippen MR) is 50.3 cm³/mol. The molecule has 0 amide bonds. The van der Waals surface area contributed by atoms with E-state index >= 15 is 0 Å². The second kappa shape index (κ2) is 5.67. The number of halogens is 3. The molecule has 1 heterocycles. The molecule has 6 heteroatoms. The quantitative estimate of drug-likeness (QED) is 0.786. The van der Waals surface area contributed by atoms with Crippen LogP contribution in [0.3, 0.4) is 0 Å². The molecule has 1 aliphatic heterocycles. The monoisotopic (exact) mass is 226 g/mol. The molecule has 0 spiro atoms. The number of hydrogen-bond donors (Lipinski definition) is 1. The predicted octanol–water partition coefficient (Wildman–Crippen LogP) is 1.34. The Balaban J connectivity index is 2.23. The van der Waals surface area contributed by atoms with Crippen molar-refractivity contribution < 1.29 is 17.9 Å². The summed E-state index contributed by atoms with van der Waals surface area (Å²) in [5.74, 6) is 0. The van der Waals surface area contributed by atoms with Gasteiger partial charge in [-0.25, -0.2) is 0 Å². The molecule has 0 bridgehead atoms. The Labute approximate surface area is 87.4 Å². The summed E-state index contributed by atoms with van der Waals surface area (Å²) in [6, 6.07) is 0.218. The number of piperidine rings is 1. The smallest absolute Gasteiger partial charge is 0.329 e. The SMILES string of the molecule is NCC1CCCCN1CCOC(F)(F)F. The molecule has 15 heavy (non-hydrogen) atoms. The molecule has 0 aromatic heterocycles. The van der Waals surface area contributed by atoms with Gasteiger partial charge in [-0.05, 0) is 19.4 Å². The highest BCUT2D eigenvalue weighted by Crippen LogP contribution is 2.18. The molecule has 0 saturated carbocycles. The van der Waals surface area contributed by atoms with Crippen LogP contribution in [0.1, 0.15) is 19.3 Å². The van der Waals surface area contributed by atoms with Gasteiger partial charge in [-0.2, -0.15) is 0 Å². The minimum Gasteiger partial charge on any atom is -0.329 e. The fourth-order valence-corrected chi connectivity index (χ4v) is 1.90. The largest absolute Gasteiger partial charge is 0.522 e. The van der Waals surface area contributed by atoms with Crippen LogP contribution in [0.5, 0.6) is 0 Å². The Kier molecular flexibility index (Phi) is 4.82. The number of ether oxygens (including phenoxy) is 1. The lowest BCUT2D eigenvalue weighted by atomic mass is 10.0. The summed E-state index contributed by atoms with van der Waals surface area (Å²) in [4.78, 5) is 1.98. The number of nitrogens with zero attached hydrogens (tertiary/aromatic N) is 1. The molecular formula is C9H17F3N2O. The van der Waals surface area contributed by atoms with Crippen molar-refractivity contribution in [2.24, 2.45) is 5.73 Å². The topological polar surface area (TPSA) is 38.5 Å². The van der Waals surface area contributed by atoms with Gasteiger partial charge in [0.1, 0.15) is 0 Å². The van der Waals surface area contributed by atoms with Crippen LogP contribution in [0.15, 0.2) is 0 Å². The standard InChI is InChI=1S/C9H17F3N2O/c10-9(11,12)15-6-5-14-4-2-1-3-8(14)7-13/h8H,1-7,13H2. The van der Waals surface area contributed by atoms with Crippen LogP contribution < -0.4 is 5.73 Å². The summed E-state index contributed by atoms with van der Waals surface area (Å²) in [5, 5.41) is 0. The summed E-state index contributed by atoms with van der Waals surface area (Å²) < 4.78 is 38.9. The van der Waals surface area contributed by atoms with Crippen molar-refractivity contribution in [3.05, 3.63) is 0 Å². The Morgan fingerprint density at radius 1 is 1.33 bits per heavy atom. The third-order valence-corrected chi connectivity index (χ3v) is 2.67. The Hall–Kier alpha value is -0.330. The second-order valence-electron chi connectivity index (χ2n) is 3.72. The molecule has 90 valence electrons. The fraction of sp³-hybridized carbons (Fsp3) is 1.00. The zero-order valence-corrected chi connectivity index (χ0v) is 8.59. The van der Waals surface area contributed by atoms with Crippen molar-refractivity contribution in [1.82, 2.24) is 4.90 Å². The van der Waals surface area contributed by atoms with E-state index in [-0.39, 0.29) is 12.6 Å². The van der Waals surface area contributed by atoms with E-state index in [2.05, 4.69) is 4.74 Å². The van der Waals surface area contributed by atoms with E-state index in [1.807, 2.05) is 4.90 Å². The lowest BCUT2D eigenvalue weighted by Crippen LogP contribution is -2.45. The van der Waals surface area contributed by atoms with Gasteiger partial charge in [0.15, 0.2) is 0 Å².